The van der Waals surface area contributed by atoms with E-state index in [1.807, 2.05) is 57.6 Å². The van der Waals surface area contributed by atoms with Gasteiger partial charge in [0.2, 0.25) is 5.95 Å². The lowest BCUT2D eigenvalue weighted by Crippen LogP contribution is -2.40. The number of aromatic nitrogens is 6. The number of hydrogen-bond donors (Lipinski definition) is 2. The van der Waals surface area contributed by atoms with Crippen LogP contribution in [0.25, 0.3) is 21.9 Å². The quantitative estimate of drug-likeness (QED) is 0.330. The number of carbonyl (C=O) groups excluding carboxylic acids is 1. The van der Waals surface area contributed by atoms with Gasteiger partial charge in [-0.25, -0.2) is 9.78 Å². The number of piperidine rings is 1. The lowest BCUT2D eigenvalue weighted by atomic mass is 9.97. The zero-order chi connectivity index (χ0) is 27.7. The number of anilines is 3. The van der Waals surface area contributed by atoms with Gasteiger partial charge in [-0.3, -0.25) is 4.98 Å². The van der Waals surface area contributed by atoms with Gasteiger partial charge in [0.25, 0.3) is 0 Å². The zero-order valence-corrected chi connectivity index (χ0v) is 23.4. The van der Waals surface area contributed by atoms with Gasteiger partial charge < -0.3 is 24.8 Å². The molecule has 2 fully saturated rings. The highest BCUT2D eigenvalue weighted by Gasteiger charge is 2.24. The molecule has 1 aliphatic heterocycles. The average Bonchev–Trinajstić information content (AvgIpc) is 3.58. The molecule has 1 amide bonds. The Morgan fingerprint density at radius 2 is 1.82 bits per heavy atom. The van der Waals surface area contributed by atoms with Gasteiger partial charge in [0.05, 0.1) is 11.7 Å². The van der Waals surface area contributed by atoms with E-state index >= 15 is 0 Å². The molecule has 0 atom stereocenters. The van der Waals surface area contributed by atoms with Gasteiger partial charge in [0.15, 0.2) is 11.6 Å². The van der Waals surface area contributed by atoms with E-state index in [1.54, 1.807) is 0 Å². The number of pyridine rings is 1. The van der Waals surface area contributed by atoms with Gasteiger partial charge in [-0.05, 0) is 70.6 Å². The first-order valence-corrected chi connectivity index (χ1v) is 14.3. The van der Waals surface area contributed by atoms with Crippen LogP contribution in [-0.2, 0) is 4.74 Å². The summed E-state index contributed by atoms with van der Waals surface area (Å²) in [7, 11) is 0. The van der Waals surface area contributed by atoms with Gasteiger partial charge in [-0.2, -0.15) is 4.98 Å². The fourth-order valence-corrected chi connectivity index (χ4v) is 5.84. The first-order valence-electron chi connectivity index (χ1n) is 14.3. The molecule has 4 aromatic heterocycles. The minimum atomic E-state index is -0.487. The summed E-state index contributed by atoms with van der Waals surface area (Å²) in [6.45, 7) is 7.96. The van der Waals surface area contributed by atoms with Gasteiger partial charge in [-0.1, -0.05) is 12.8 Å². The van der Waals surface area contributed by atoms with Crippen molar-refractivity contribution < 1.29 is 9.53 Å². The predicted octanol–water partition coefficient (Wildman–Crippen LogP) is 5.37. The van der Waals surface area contributed by atoms with Crippen LogP contribution in [0.1, 0.15) is 65.3 Å². The molecule has 0 aromatic carbocycles. The molecule has 4 aromatic rings. The summed E-state index contributed by atoms with van der Waals surface area (Å²) in [5.41, 5.74) is 1.56. The molecule has 0 spiro atoms. The Bertz CT molecular complexity index is 1480. The second kappa shape index (κ2) is 10.9. The third-order valence-electron chi connectivity index (χ3n) is 7.80. The van der Waals surface area contributed by atoms with Crippen LogP contribution in [0.15, 0.2) is 36.8 Å². The number of nitrogens with zero attached hydrogens (tertiary/aromatic N) is 7. The highest BCUT2D eigenvalue weighted by molar-refractivity contribution is 6.06. The van der Waals surface area contributed by atoms with Gasteiger partial charge in [0, 0.05) is 48.8 Å². The molecule has 40 heavy (non-hydrogen) atoms. The molecular formula is C29H37N9O2. The monoisotopic (exact) mass is 543 g/mol. The first-order chi connectivity index (χ1) is 19.3. The Labute approximate surface area is 233 Å². The second-order valence-corrected chi connectivity index (χ2v) is 11.8. The summed E-state index contributed by atoms with van der Waals surface area (Å²) in [5, 5.41) is 17.2. The fourth-order valence-electron chi connectivity index (χ4n) is 5.84. The molecule has 11 nitrogen and oxygen atoms in total. The van der Waals surface area contributed by atoms with E-state index in [-0.39, 0.29) is 6.09 Å². The van der Waals surface area contributed by atoms with Gasteiger partial charge in [0.1, 0.15) is 11.2 Å². The van der Waals surface area contributed by atoms with Crippen LogP contribution in [-0.4, -0.2) is 61.0 Å². The van der Waals surface area contributed by atoms with Crippen molar-refractivity contribution in [2.24, 2.45) is 5.92 Å². The summed E-state index contributed by atoms with van der Waals surface area (Å²) in [4.78, 5) is 28.1. The SMILES string of the molecule is CC(C)(C)OC(=O)NCC1CCN(c2ccc(Nc3ncc4c5ccncc5n(C5CCCC5)c4n3)nn2)CC1. The largest absolute Gasteiger partial charge is 0.444 e. The number of nitrogens with one attached hydrogen (secondary N) is 2. The molecule has 0 radical (unpaired) electrons. The Hall–Kier alpha value is -4.02. The van der Waals surface area contributed by atoms with Crippen molar-refractivity contribution in [2.45, 2.75) is 70.9 Å². The lowest BCUT2D eigenvalue weighted by Gasteiger charge is -2.32. The Kier molecular flexibility index (Phi) is 7.12. The predicted molar refractivity (Wildman–Crippen MR) is 155 cm³/mol. The maximum absolute atomic E-state index is 12.0. The third-order valence-corrected chi connectivity index (χ3v) is 7.80. The topological polar surface area (TPSA) is 123 Å². The fraction of sp³-hybridized carbons (Fsp3) is 0.517. The molecule has 5 heterocycles. The van der Waals surface area contributed by atoms with Crippen molar-refractivity contribution in [3.63, 3.8) is 0 Å². The van der Waals surface area contributed by atoms with Crippen molar-refractivity contribution in [1.82, 2.24) is 35.0 Å². The number of rotatable bonds is 6. The minimum Gasteiger partial charge on any atom is -0.444 e. The molecule has 1 saturated heterocycles. The van der Waals surface area contributed by atoms with E-state index < -0.39 is 5.60 Å². The van der Waals surface area contributed by atoms with Crippen LogP contribution in [0.5, 0.6) is 0 Å². The maximum atomic E-state index is 12.0. The maximum Gasteiger partial charge on any atom is 0.407 e. The van der Waals surface area contributed by atoms with Crippen LogP contribution in [0.4, 0.5) is 22.4 Å². The highest BCUT2D eigenvalue weighted by atomic mass is 16.6. The number of carbonyl (C=O) groups is 1. The van der Waals surface area contributed by atoms with Crippen molar-refractivity contribution >= 4 is 45.6 Å². The Morgan fingerprint density at radius 3 is 2.55 bits per heavy atom. The van der Waals surface area contributed by atoms with Crippen LogP contribution >= 0.6 is 0 Å². The molecule has 2 aliphatic rings. The number of fused-ring (bicyclic) bond motifs is 3. The van der Waals surface area contributed by atoms with E-state index in [0.29, 0.717) is 30.3 Å². The van der Waals surface area contributed by atoms with Crippen LogP contribution in [0, 0.1) is 5.92 Å². The summed E-state index contributed by atoms with van der Waals surface area (Å²) in [6.07, 6.45) is 12.0. The van der Waals surface area contributed by atoms with Crippen LogP contribution < -0.4 is 15.5 Å². The molecular weight excluding hydrogens is 506 g/mol. The van der Waals surface area contributed by atoms with E-state index in [2.05, 4.69) is 40.3 Å². The molecule has 0 bridgehead atoms. The molecule has 1 aliphatic carbocycles. The van der Waals surface area contributed by atoms with Gasteiger partial charge >= 0.3 is 6.09 Å². The van der Waals surface area contributed by atoms with Crippen LogP contribution in [0.3, 0.4) is 0 Å². The summed E-state index contributed by atoms with van der Waals surface area (Å²) in [6, 6.07) is 6.38. The molecule has 2 N–H and O–H groups in total. The molecule has 0 unspecified atom stereocenters. The molecule has 210 valence electrons. The Balaban J connectivity index is 1.10. The standard InChI is InChI=1S/C29H37N9O2/c1-29(2,3)40-28(39)32-16-19-11-14-37(15-12-19)25-9-8-24(35-36-25)33-27-31-17-22-21-10-13-30-18-23(21)38(26(22)34-27)20-6-4-5-7-20/h8-10,13,17-20H,4-7,11-12,14-16H2,1-3H3,(H,32,39)(H,31,33,34,35). The van der Waals surface area contributed by atoms with Crippen molar-refractivity contribution in [1.29, 1.82) is 0 Å². The first kappa shape index (κ1) is 26.2. The minimum absolute atomic E-state index is 0.357. The number of ether oxygens (including phenoxy) is 1. The van der Waals surface area contributed by atoms with Crippen molar-refractivity contribution in [3.05, 3.63) is 36.8 Å². The average molecular weight is 544 g/mol. The summed E-state index contributed by atoms with van der Waals surface area (Å²) in [5.74, 6) is 2.36. The molecule has 6 rings (SSSR count). The van der Waals surface area contributed by atoms with Crippen LogP contribution in [0.2, 0.25) is 0 Å². The second-order valence-electron chi connectivity index (χ2n) is 11.8. The third kappa shape index (κ3) is 5.64. The van der Waals surface area contributed by atoms with E-state index in [1.165, 1.54) is 12.8 Å². The van der Waals surface area contributed by atoms with E-state index in [4.69, 9.17) is 9.72 Å². The van der Waals surface area contributed by atoms with Gasteiger partial charge in [-0.15, -0.1) is 10.2 Å². The van der Waals surface area contributed by atoms with Crippen molar-refractivity contribution in [3.8, 4) is 0 Å². The lowest BCUT2D eigenvalue weighted by molar-refractivity contribution is 0.0516. The number of amides is 1. The Morgan fingerprint density at radius 1 is 1.02 bits per heavy atom. The number of hydrogen-bond acceptors (Lipinski definition) is 9. The zero-order valence-electron chi connectivity index (χ0n) is 23.4. The van der Waals surface area contributed by atoms with E-state index in [9.17, 15) is 4.79 Å². The smallest absolute Gasteiger partial charge is 0.407 e. The molecule has 1 saturated carbocycles. The van der Waals surface area contributed by atoms with Crippen molar-refractivity contribution in [2.75, 3.05) is 29.9 Å². The highest BCUT2D eigenvalue weighted by Crippen LogP contribution is 2.37. The number of alkyl carbamates (subject to hydrolysis) is 1. The molecule has 11 heteroatoms. The normalized spacial score (nSPS) is 17.0. The van der Waals surface area contributed by atoms with E-state index in [0.717, 1.165) is 66.5 Å². The summed E-state index contributed by atoms with van der Waals surface area (Å²) < 4.78 is 7.69. The summed E-state index contributed by atoms with van der Waals surface area (Å²) >= 11 is 0.